The molecule has 0 aromatic carbocycles. The number of Topliss-reactive ketones (excluding diaryl/α,β-unsaturated/α-hetero) is 1. The second-order valence-electron chi connectivity index (χ2n) is 4.95. The van der Waals surface area contributed by atoms with E-state index in [4.69, 9.17) is 4.74 Å². The highest BCUT2D eigenvalue weighted by Gasteiger charge is 2.28. The highest BCUT2D eigenvalue weighted by molar-refractivity contribution is 5.83. The standard InChI is InChI=1S/C12H20N2O3/c1-9(15)13-11-2-4-14(6-11)7-12(16)10-3-5-17-8-10/h10-11H,2-8H2,1H3,(H,13,15). The first-order valence-corrected chi connectivity index (χ1v) is 6.25. The van der Waals surface area contributed by atoms with Crippen molar-refractivity contribution in [1.29, 1.82) is 0 Å². The Morgan fingerprint density at radius 3 is 2.88 bits per heavy atom. The Kier molecular flexibility index (Phi) is 4.12. The summed E-state index contributed by atoms with van der Waals surface area (Å²) in [5.74, 6) is 0.383. The summed E-state index contributed by atoms with van der Waals surface area (Å²) in [5.41, 5.74) is 0. The van der Waals surface area contributed by atoms with Crippen LogP contribution >= 0.6 is 0 Å². The molecule has 1 N–H and O–H groups in total. The van der Waals surface area contributed by atoms with Crippen LogP contribution in [0.5, 0.6) is 0 Å². The molecule has 0 bridgehead atoms. The predicted octanol–water partition coefficient (Wildman–Crippen LogP) is -0.198. The molecule has 0 spiro atoms. The van der Waals surface area contributed by atoms with E-state index in [0.717, 1.165) is 25.9 Å². The highest BCUT2D eigenvalue weighted by Crippen LogP contribution is 2.16. The lowest BCUT2D eigenvalue weighted by Crippen LogP contribution is -2.37. The molecular formula is C12H20N2O3. The molecule has 2 heterocycles. The summed E-state index contributed by atoms with van der Waals surface area (Å²) in [7, 11) is 0. The van der Waals surface area contributed by atoms with E-state index < -0.39 is 0 Å². The number of hydrogen-bond donors (Lipinski definition) is 1. The van der Waals surface area contributed by atoms with Crippen molar-refractivity contribution in [2.45, 2.75) is 25.8 Å². The number of nitrogens with one attached hydrogen (secondary N) is 1. The van der Waals surface area contributed by atoms with Crippen LogP contribution < -0.4 is 5.32 Å². The van der Waals surface area contributed by atoms with Gasteiger partial charge in [0, 0.05) is 38.6 Å². The van der Waals surface area contributed by atoms with Gasteiger partial charge >= 0.3 is 0 Å². The van der Waals surface area contributed by atoms with Gasteiger partial charge < -0.3 is 10.1 Å². The third-order valence-electron chi connectivity index (χ3n) is 3.44. The summed E-state index contributed by atoms with van der Waals surface area (Å²) >= 11 is 0. The Balaban J connectivity index is 1.73. The maximum absolute atomic E-state index is 11.9. The minimum Gasteiger partial charge on any atom is -0.381 e. The zero-order valence-corrected chi connectivity index (χ0v) is 10.3. The number of amides is 1. The Hall–Kier alpha value is -0.940. The van der Waals surface area contributed by atoms with Crippen molar-refractivity contribution in [2.24, 2.45) is 5.92 Å². The number of carbonyl (C=O) groups excluding carboxylic acids is 2. The zero-order chi connectivity index (χ0) is 12.3. The summed E-state index contributed by atoms with van der Waals surface area (Å²) in [5, 5.41) is 2.90. The first-order chi connectivity index (χ1) is 8.15. The Morgan fingerprint density at radius 1 is 1.41 bits per heavy atom. The van der Waals surface area contributed by atoms with Crippen LogP contribution in [0.15, 0.2) is 0 Å². The van der Waals surface area contributed by atoms with Crippen molar-refractivity contribution in [3.8, 4) is 0 Å². The van der Waals surface area contributed by atoms with Gasteiger partial charge in [0.05, 0.1) is 13.2 Å². The topological polar surface area (TPSA) is 58.6 Å². The van der Waals surface area contributed by atoms with Crippen LogP contribution in [0, 0.1) is 5.92 Å². The minimum absolute atomic E-state index is 0.00682. The summed E-state index contributed by atoms with van der Waals surface area (Å²) in [6.45, 7) is 5.02. The smallest absolute Gasteiger partial charge is 0.217 e. The van der Waals surface area contributed by atoms with Crippen molar-refractivity contribution in [3.05, 3.63) is 0 Å². The lowest BCUT2D eigenvalue weighted by Gasteiger charge is -2.17. The number of nitrogens with zero attached hydrogens (tertiary/aromatic N) is 1. The van der Waals surface area contributed by atoms with E-state index in [1.807, 2.05) is 0 Å². The fraction of sp³-hybridized carbons (Fsp3) is 0.833. The highest BCUT2D eigenvalue weighted by atomic mass is 16.5. The molecule has 0 aliphatic carbocycles. The minimum atomic E-state index is 0.00682. The number of carbonyl (C=O) groups is 2. The van der Waals surface area contributed by atoms with Crippen LogP contribution in [0.4, 0.5) is 0 Å². The molecule has 2 fully saturated rings. The van der Waals surface area contributed by atoms with Crippen LogP contribution in [0.2, 0.25) is 0 Å². The van der Waals surface area contributed by atoms with Crippen LogP contribution in [0.3, 0.4) is 0 Å². The van der Waals surface area contributed by atoms with Crippen LogP contribution in [0.1, 0.15) is 19.8 Å². The molecule has 5 nitrogen and oxygen atoms in total. The molecule has 5 heteroatoms. The average molecular weight is 240 g/mol. The summed E-state index contributed by atoms with van der Waals surface area (Å²) in [4.78, 5) is 25.0. The molecule has 1 amide bonds. The molecule has 2 aliphatic rings. The Morgan fingerprint density at radius 2 is 2.24 bits per heavy atom. The van der Waals surface area contributed by atoms with Crippen molar-refractivity contribution in [3.63, 3.8) is 0 Å². The van der Waals surface area contributed by atoms with Crippen molar-refractivity contribution < 1.29 is 14.3 Å². The predicted molar refractivity (Wildman–Crippen MR) is 62.6 cm³/mol. The van der Waals surface area contributed by atoms with Gasteiger partial charge in [0.25, 0.3) is 0 Å². The van der Waals surface area contributed by atoms with E-state index in [2.05, 4.69) is 10.2 Å². The van der Waals surface area contributed by atoms with E-state index >= 15 is 0 Å². The molecule has 2 aliphatic heterocycles. The molecule has 17 heavy (non-hydrogen) atoms. The molecular weight excluding hydrogens is 220 g/mol. The monoisotopic (exact) mass is 240 g/mol. The molecule has 96 valence electrons. The van der Waals surface area contributed by atoms with E-state index in [0.29, 0.717) is 19.8 Å². The lowest BCUT2D eigenvalue weighted by molar-refractivity contribution is -0.123. The fourth-order valence-corrected chi connectivity index (χ4v) is 2.52. The summed E-state index contributed by atoms with van der Waals surface area (Å²) in [6, 6.07) is 0.208. The average Bonchev–Trinajstić information content (AvgIpc) is 2.87. The maximum Gasteiger partial charge on any atom is 0.217 e. The molecule has 2 rings (SSSR count). The van der Waals surface area contributed by atoms with Gasteiger partial charge in [0.15, 0.2) is 5.78 Å². The van der Waals surface area contributed by atoms with Gasteiger partial charge in [-0.1, -0.05) is 0 Å². The van der Waals surface area contributed by atoms with Crippen molar-refractivity contribution in [1.82, 2.24) is 10.2 Å². The van der Waals surface area contributed by atoms with E-state index in [1.165, 1.54) is 6.92 Å². The van der Waals surface area contributed by atoms with E-state index in [-0.39, 0.29) is 23.7 Å². The van der Waals surface area contributed by atoms with Crippen LogP contribution in [-0.2, 0) is 14.3 Å². The summed E-state index contributed by atoms with van der Waals surface area (Å²) in [6.07, 6.45) is 1.80. The summed E-state index contributed by atoms with van der Waals surface area (Å²) < 4.78 is 5.22. The lowest BCUT2D eigenvalue weighted by atomic mass is 10.0. The zero-order valence-electron chi connectivity index (χ0n) is 10.3. The van der Waals surface area contributed by atoms with Gasteiger partial charge in [-0.3, -0.25) is 14.5 Å². The molecule has 0 aromatic heterocycles. The third kappa shape index (κ3) is 3.51. The largest absolute Gasteiger partial charge is 0.381 e. The first-order valence-electron chi connectivity index (χ1n) is 6.25. The fourth-order valence-electron chi connectivity index (χ4n) is 2.52. The van der Waals surface area contributed by atoms with Crippen molar-refractivity contribution in [2.75, 3.05) is 32.8 Å². The van der Waals surface area contributed by atoms with Gasteiger partial charge in [0.1, 0.15) is 0 Å². The first kappa shape index (κ1) is 12.5. The van der Waals surface area contributed by atoms with Gasteiger partial charge in [-0.25, -0.2) is 0 Å². The van der Waals surface area contributed by atoms with Crippen molar-refractivity contribution >= 4 is 11.7 Å². The van der Waals surface area contributed by atoms with Gasteiger partial charge in [-0.15, -0.1) is 0 Å². The Labute approximate surface area is 101 Å². The van der Waals surface area contributed by atoms with Gasteiger partial charge in [-0.2, -0.15) is 0 Å². The number of ether oxygens (including phenoxy) is 1. The maximum atomic E-state index is 11.9. The molecule has 0 aromatic rings. The third-order valence-corrected chi connectivity index (χ3v) is 3.44. The Bertz CT molecular complexity index is 300. The SMILES string of the molecule is CC(=O)NC1CCN(CC(=O)C2CCOC2)C1. The van der Waals surface area contributed by atoms with E-state index in [1.54, 1.807) is 0 Å². The molecule has 0 saturated carbocycles. The quantitative estimate of drug-likeness (QED) is 0.739. The molecule has 2 saturated heterocycles. The molecule has 0 radical (unpaired) electrons. The second kappa shape index (κ2) is 5.60. The van der Waals surface area contributed by atoms with Crippen LogP contribution in [0.25, 0.3) is 0 Å². The van der Waals surface area contributed by atoms with Gasteiger partial charge in [0.2, 0.25) is 5.91 Å². The number of hydrogen-bond acceptors (Lipinski definition) is 4. The molecule has 2 unspecified atom stereocenters. The number of ketones is 1. The van der Waals surface area contributed by atoms with Gasteiger partial charge in [-0.05, 0) is 12.8 Å². The van der Waals surface area contributed by atoms with Crippen LogP contribution in [-0.4, -0.2) is 55.5 Å². The van der Waals surface area contributed by atoms with E-state index in [9.17, 15) is 9.59 Å². The number of rotatable bonds is 4. The normalized spacial score (nSPS) is 29.5. The molecule has 2 atom stereocenters. The number of likely N-dealkylation sites (tertiary alicyclic amines) is 1. The second-order valence-corrected chi connectivity index (χ2v) is 4.95.